The van der Waals surface area contributed by atoms with Gasteiger partial charge in [0.15, 0.2) is 0 Å². The Hall–Kier alpha value is -2.45. The second kappa shape index (κ2) is 16.5. The minimum absolute atomic E-state index is 0.0779. The van der Waals surface area contributed by atoms with Crippen molar-refractivity contribution < 1.29 is 19.5 Å². The van der Waals surface area contributed by atoms with E-state index in [0.29, 0.717) is 24.9 Å². The van der Waals surface area contributed by atoms with Gasteiger partial charge in [-0.1, -0.05) is 59.6 Å². The normalized spacial score (nSPS) is 17.0. The first-order valence-corrected chi connectivity index (χ1v) is 14.5. The van der Waals surface area contributed by atoms with Crippen molar-refractivity contribution >= 4 is 17.7 Å². The fourth-order valence-electron chi connectivity index (χ4n) is 4.79. The zero-order valence-electron chi connectivity index (χ0n) is 24.1. The summed E-state index contributed by atoms with van der Waals surface area (Å²) in [6.45, 7) is 13.7. The van der Waals surface area contributed by atoms with Gasteiger partial charge in [-0.2, -0.15) is 0 Å². The third-order valence-electron chi connectivity index (χ3n) is 7.37. The highest BCUT2D eigenvalue weighted by Gasteiger charge is 2.31. The van der Waals surface area contributed by atoms with Crippen LogP contribution in [0.2, 0.25) is 0 Å². The number of hydrogen-bond acceptors (Lipinski definition) is 5. The Balaban J connectivity index is 2.04. The van der Waals surface area contributed by atoms with E-state index in [0.717, 1.165) is 32.5 Å². The first-order valence-electron chi connectivity index (χ1n) is 14.5. The number of aliphatic hydroxyl groups excluding tert-OH is 1. The number of aliphatic hydroxyl groups is 1. The Morgan fingerprint density at radius 3 is 2.24 bits per heavy atom. The molecule has 0 saturated carbocycles. The summed E-state index contributed by atoms with van der Waals surface area (Å²) in [5.41, 5.74) is 1.68. The van der Waals surface area contributed by atoms with Gasteiger partial charge in [0.1, 0.15) is 6.04 Å². The molecule has 1 aromatic carbocycles. The maximum atomic E-state index is 13.4. The van der Waals surface area contributed by atoms with Crippen LogP contribution in [0.15, 0.2) is 24.3 Å². The van der Waals surface area contributed by atoms with Crippen LogP contribution in [0.4, 0.5) is 0 Å². The fourth-order valence-corrected chi connectivity index (χ4v) is 4.79. The van der Waals surface area contributed by atoms with Crippen molar-refractivity contribution in [2.24, 2.45) is 11.8 Å². The molecule has 8 heteroatoms. The number of benzene rings is 1. The number of likely N-dealkylation sites (tertiary alicyclic amines) is 1. The number of nitrogens with zero attached hydrogens (tertiary/aromatic N) is 1. The van der Waals surface area contributed by atoms with Gasteiger partial charge in [-0.05, 0) is 68.3 Å². The predicted octanol–water partition coefficient (Wildman–Crippen LogP) is 3.63. The van der Waals surface area contributed by atoms with Gasteiger partial charge in [-0.15, -0.1) is 0 Å². The van der Waals surface area contributed by atoms with E-state index in [9.17, 15) is 19.5 Å². The van der Waals surface area contributed by atoms with Crippen LogP contribution in [-0.2, 0) is 16.1 Å². The van der Waals surface area contributed by atoms with E-state index in [4.69, 9.17) is 0 Å². The number of unbranched alkanes of at least 4 members (excludes halogenated alkanes) is 1. The lowest BCUT2D eigenvalue weighted by atomic mass is 9.94. The van der Waals surface area contributed by atoms with Gasteiger partial charge in [0, 0.05) is 18.7 Å². The average Bonchev–Trinajstić information content (AvgIpc) is 3.39. The summed E-state index contributed by atoms with van der Waals surface area (Å²) in [5.74, 6) is -0.769. The van der Waals surface area contributed by atoms with E-state index < -0.39 is 18.2 Å². The van der Waals surface area contributed by atoms with Crippen LogP contribution in [0.3, 0.4) is 0 Å². The summed E-state index contributed by atoms with van der Waals surface area (Å²) >= 11 is 0. The molecule has 1 saturated heterocycles. The number of amides is 3. The number of rotatable bonds is 16. The summed E-state index contributed by atoms with van der Waals surface area (Å²) < 4.78 is 0. The monoisotopic (exact) mass is 530 g/mol. The molecule has 4 atom stereocenters. The predicted molar refractivity (Wildman–Crippen MR) is 152 cm³/mol. The summed E-state index contributed by atoms with van der Waals surface area (Å²) in [6, 6.07) is 6.24. The fraction of sp³-hybridized carbons (Fsp3) is 0.700. The molecule has 1 aromatic rings. The van der Waals surface area contributed by atoms with Crippen LogP contribution < -0.4 is 16.0 Å². The van der Waals surface area contributed by atoms with Gasteiger partial charge >= 0.3 is 0 Å². The van der Waals surface area contributed by atoms with Gasteiger partial charge in [0.05, 0.1) is 18.6 Å². The lowest BCUT2D eigenvalue weighted by molar-refractivity contribution is -0.128. The van der Waals surface area contributed by atoms with Crippen LogP contribution in [0, 0.1) is 11.8 Å². The number of nitrogens with one attached hydrogen (secondary N) is 3. The summed E-state index contributed by atoms with van der Waals surface area (Å²) in [5, 5.41) is 19.5. The highest BCUT2D eigenvalue weighted by atomic mass is 16.3. The van der Waals surface area contributed by atoms with Crippen molar-refractivity contribution in [3.8, 4) is 0 Å². The molecule has 1 fully saturated rings. The van der Waals surface area contributed by atoms with E-state index in [2.05, 4.69) is 20.9 Å². The molecule has 1 heterocycles. The lowest BCUT2D eigenvalue weighted by Crippen LogP contribution is -2.55. The molecule has 214 valence electrons. The molecular weight excluding hydrogens is 480 g/mol. The van der Waals surface area contributed by atoms with E-state index >= 15 is 0 Å². The third kappa shape index (κ3) is 10.7. The average molecular weight is 531 g/mol. The molecule has 1 aliphatic heterocycles. The Kier molecular flexibility index (Phi) is 13.8. The Bertz CT molecular complexity index is 868. The molecule has 0 spiro atoms. The number of hydrogen-bond donors (Lipinski definition) is 4. The van der Waals surface area contributed by atoms with Crippen LogP contribution in [0.5, 0.6) is 0 Å². The zero-order chi connectivity index (χ0) is 28.1. The van der Waals surface area contributed by atoms with Gasteiger partial charge in [0.2, 0.25) is 11.8 Å². The quantitative estimate of drug-likeness (QED) is 0.244. The van der Waals surface area contributed by atoms with Crippen molar-refractivity contribution in [2.75, 3.05) is 19.6 Å². The van der Waals surface area contributed by atoms with Crippen LogP contribution >= 0.6 is 0 Å². The Morgan fingerprint density at radius 2 is 1.66 bits per heavy atom. The molecule has 1 aliphatic rings. The van der Waals surface area contributed by atoms with Crippen LogP contribution in [0.25, 0.3) is 0 Å². The molecule has 0 aliphatic carbocycles. The second-order valence-electron chi connectivity index (χ2n) is 11.2. The minimum atomic E-state index is -1.01. The highest BCUT2D eigenvalue weighted by molar-refractivity contribution is 5.97. The molecule has 4 unspecified atom stereocenters. The highest BCUT2D eigenvalue weighted by Crippen LogP contribution is 2.16. The smallest absolute Gasteiger partial charge is 0.251 e. The van der Waals surface area contributed by atoms with Crippen molar-refractivity contribution in [3.63, 3.8) is 0 Å². The van der Waals surface area contributed by atoms with Gasteiger partial charge < -0.3 is 21.1 Å². The van der Waals surface area contributed by atoms with Crippen molar-refractivity contribution in [1.29, 1.82) is 0 Å². The lowest BCUT2D eigenvalue weighted by Gasteiger charge is -2.30. The number of carbonyl (C=O) groups excluding carboxylic acids is 3. The maximum Gasteiger partial charge on any atom is 0.251 e. The largest absolute Gasteiger partial charge is 0.390 e. The standard InChI is InChI=1S/C30H50N4O4/c1-6-8-15-31-27(36)19-26(35)25(18-21(3)4)32-30(38)28(22(5)7-2)33-29(37)24-13-11-23(12-14-24)20-34-16-9-10-17-34/h11-14,21-22,25-26,28,35H,6-10,15-20H2,1-5H3,(H,31,36)(H,32,38)(H,33,37). The molecule has 0 bridgehead atoms. The maximum absolute atomic E-state index is 13.4. The summed E-state index contributed by atoms with van der Waals surface area (Å²) in [7, 11) is 0. The molecular formula is C30H50N4O4. The number of carbonyl (C=O) groups is 3. The van der Waals surface area contributed by atoms with E-state index in [1.165, 1.54) is 18.4 Å². The first-order chi connectivity index (χ1) is 18.1. The first kappa shape index (κ1) is 31.8. The zero-order valence-corrected chi connectivity index (χ0v) is 24.1. The molecule has 0 radical (unpaired) electrons. The topological polar surface area (TPSA) is 111 Å². The third-order valence-corrected chi connectivity index (χ3v) is 7.37. The van der Waals surface area contributed by atoms with Crippen molar-refractivity contribution in [1.82, 2.24) is 20.9 Å². The summed E-state index contributed by atoms with van der Waals surface area (Å²) in [4.78, 5) is 41.2. The van der Waals surface area contributed by atoms with Crippen molar-refractivity contribution in [2.45, 2.75) is 104 Å². The van der Waals surface area contributed by atoms with Crippen molar-refractivity contribution in [3.05, 3.63) is 35.4 Å². The molecule has 38 heavy (non-hydrogen) atoms. The SMILES string of the molecule is CCCCNC(=O)CC(O)C(CC(C)C)NC(=O)C(NC(=O)c1ccc(CN2CCCC2)cc1)C(C)CC. The second-order valence-corrected chi connectivity index (χ2v) is 11.2. The van der Waals surface area contributed by atoms with E-state index in [1.54, 1.807) is 0 Å². The Morgan fingerprint density at radius 1 is 1.00 bits per heavy atom. The Labute approximate surface area is 229 Å². The van der Waals surface area contributed by atoms with Gasteiger partial charge in [0.25, 0.3) is 5.91 Å². The molecule has 3 amide bonds. The summed E-state index contributed by atoms with van der Waals surface area (Å²) in [6.07, 6.45) is 4.46. The molecule has 2 rings (SSSR count). The van der Waals surface area contributed by atoms with Crippen LogP contribution in [0.1, 0.15) is 95.5 Å². The minimum Gasteiger partial charge on any atom is -0.390 e. The molecule has 0 aromatic heterocycles. The van der Waals surface area contributed by atoms with Gasteiger partial charge in [-0.25, -0.2) is 0 Å². The van der Waals surface area contributed by atoms with Crippen LogP contribution in [-0.4, -0.2) is 65.5 Å². The van der Waals surface area contributed by atoms with Gasteiger partial charge in [-0.3, -0.25) is 19.3 Å². The van der Waals surface area contributed by atoms with E-state index in [-0.39, 0.29) is 36.0 Å². The van der Waals surface area contributed by atoms with E-state index in [1.807, 2.05) is 58.9 Å². The molecule has 4 N–H and O–H groups in total. The molecule has 8 nitrogen and oxygen atoms in total.